The molecule has 0 saturated carbocycles. The van der Waals surface area contributed by atoms with Gasteiger partial charge in [0, 0.05) is 53.1 Å². The van der Waals surface area contributed by atoms with Crippen molar-refractivity contribution < 1.29 is 0 Å². The lowest BCUT2D eigenvalue weighted by atomic mass is 10.0. The Balaban J connectivity index is 1.25. The van der Waals surface area contributed by atoms with Gasteiger partial charge in [-0.25, -0.2) is 0 Å². The van der Waals surface area contributed by atoms with Crippen molar-refractivity contribution >= 4 is 75.1 Å². The minimum Gasteiger partial charge on any atom is -0.309 e. The first-order valence-corrected chi connectivity index (χ1v) is 16.2. The Hall–Kier alpha value is -5.64. The summed E-state index contributed by atoms with van der Waals surface area (Å²) in [6.07, 6.45) is 0. The van der Waals surface area contributed by atoms with Crippen LogP contribution in [0.15, 0.2) is 158 Å². The van der Waals surface area contributed by atoms with Gasteiger partial charge in [-0.3, -0.25) is 0 Å². The summed E-state index contributed by atoms with van der Waals surface area (Å²) >= 11 is 1.87. The zero-order valence-electron chi connectivity index (χ0n) is 24.3. The molecule has 10 aromatic rings. The summed E-state index contributed by atoms with van der Waals surface area (Å²) in [5.74, 6) is 0. The van der Waals surface area contributed by atoms with Gasteiger partial charge in [-0.1, -0.05) is 91.0 Å². The first-order valence-electron chi connectivity index (χ1n) is 15.4. The number of aromatic nitrogens is 2. The van der Waals surface area contributed by atoms with Gasteiger partial charge < -0.3 is 9.13 Å². The van der Waals surface area contributed by atoms with Crippen LogP contribution in [0.25, 0.3) is 86.3 Å². The Morgan fingerprint density at radius 3 is 1.62 bits per heavy atom. The summed E-state index contributed by atoms with van der Waals surface area (Å²) in [6.45, 7) is 0. The topological polar surface area (TPSA) is 9.86 Å². The van der Waals surface area contributed by atoms with Crippen LogP contribution in [0.4, 0.5) is 0 Å². The average molecular weight is 591 g/mol. The summed E-state index contributed by atoms with van der Waals surface area (Å²) in [7, 11) is 0. The Morgan fingerprint density at radius 2 is 0.889 bits per heavy atom. The molecule has 0 aliphatic rings. The highest BCUT2D eigenvalue weighted by Gasteiger charge is 2.20. The highest BCUT2D eigenvalue weighted by atomic mass is 32.1. The second kappa shape index (κ2) is 9.43. The fourth-order valence-electron chi connectivity index (χ4n) is 7.38. The molecule has 0 aliphatic heterocycles. The SMILES string of the molecule is c1ccc(-n2c3ccccc3c3c4c5ccccc5n(-c5cccc(-c6ccc7sc8ccccc8c7c6)c5)c4ccc32)cc1. The molecule has 0 saturated heterocycles. The number of hydrogen-bond donors (Lipinski definition) is 0. The molecule has 210 valence electrons. The molecular weight excluding hydrogens is 565 g/mol. The molecule has 7 aromatic carbocycles. The van der Waals surface area contributed by atoms with Gasteiger partial charge in [0.05, 0.1) is 22.1 Å². The lowest BCUT2D eigenvalue weighted by Gasteiger charge is -2.11. The van der Waals surface area contributed by atoms with Gasteiger partial charge in [0.2, 0.25) is 0 Å². The average Bonchev–Trinajstić information content (AvgIpc) is 3.76. The standard InChI is InChI=1S/C42H26N2S/c1-2-12-29(13-3-1)43-35-18-7-4-16-32(35)41-37(43)22-23-38-42(41)33-17-5-8-19-36(33)44(38)30-14-10-11-27(25-30)28-21-24-40-34(26-28)31-15-6-9-20-39(31)45-40/h1-26H. The summed E-state index contributed by atoms with van der Waals surface area (Å²) in [5, 5.41) is 7.79. The van der Waals surface area contributed by atoms with E-state index < -0.39 is 0 Å². The maximum atomic E-state index is 2.45. The second-order valence-corrected chi connectivity index (χ2v) is 12.8. The van der Waals surface area contributed by atoms with E-state index >= 15 is 0 Å². The van der Waals surface area contributed by atoms with Gasteiger partial charge in [-0.2, -0.15) is 0 Å². The zero-order chi connectivity index (χ0) is 29.5. The van der Waals surface area contributed by atoms with Crippen LogP contribution in [0, 0.1) is 0 Å². The van der Waals surface area contributed by atoms with E-state index in [2.05, 4.69) is 167 Å². The third kappa shape index (κ3) is 3.56. The largest absolute Gasteiger partial charge is 0.309 e. The molecule has 0 unspecified atom stereocenters. The predicted octanol–water partition coefficient (Wildman–Crippen LogP) is 11.9. The van der Waals surface area contributed by atoms with Crippen LogP contribution in [-0.2, 0) is 0 Å². The summed E-state index contributed by atoms with van der Waals surface area (Å²) in [4.78, 5) is 0. The first kappa shape index (κ1) is 24.8. The molecule has 0 spiro atoms. The van der Waals surface area contributed by atoms with Crippen molar-refractivity contribution in [2.75, 3.05) is 0 Å². The van der Waals surface area contributed by atoms with Gasteiger partial charge >= 0.3 is 0 Å². The zero-order valence-corrected chi connectivity index (χ0v) is 25.1. The molecule has 3 heterocycles. The van der Waals surface area contributed by atoms with Crippen molar-refractivity contribution in [3.8, 4) is 22.5 Å². The van der Waals surface area contributed by atoms with Gasteiger partial charge in [0.25, 0.3) is 0 Å². The lowest BCUT2D eigenvalue weighted by Crippen LogP contribution is -1.95. The van der Waals surface area contributed by atoms with Crippen molar-refractivity contribution in [1.82, 2.24) is 9.13 Å². The molecule has 0 amide bonds. The Morgan fingerprint density at radius 1 is 0.333 bits per heavy atom. The van der Waals surface area contributed by atoms with Gasteiger partial charge in [-0.05, 0) is 77.9 Å². The van der Waals surface area contributed by atoms with E-state index in [-0.39, 0.29) is 0 Å². The monoisotopic (exact) mass is 590 g/mol. The number of hydrogen-bond acceptors (Lipinski definition) is 1. The third-order valence-corrected chi connectivity index (χ3v) is 10.5. The van der Waals surface area contributed by atoms with Crippen LogP contribution < -0.4 is 0 Å². The number of thiophene rings is 1. The van der Waals surface area contributed by atoms with Crippen molar-refractivity contribution in [1.29, 1.82) is 0 Å². The molecule has 45 heavy (non-hydrogen) atoms. The van der Waals surface area contributed by atoms with Crippen molar-refractivity contribution in [2.24, 2.45) is 0 Å². The smallest absolute Gasteiger partial charge is 0.0548 e. The maximum Gasteiger partial charge on any atom is 0.0548 e. The molecule has 0 bridgehead atoms. The van der Waals surface area contributed by atoms with Crippen LogP contribution in [0.3, 0.4) is 0 Å². The van der Waals surface area contributed by atoms with Gasteiger partial charge in [-0.15, -0.1) is 11.3 Å². The van der Waals surface area contributed by atoms with E-state index in [9.17, 15) is 0 Å². The van der Waals surface area contributed by atoms with E-state index in [1.54, 1.807) is 0 Å². The van der Waals surface area contributed by atoms with Crippen LogP contribution >= 0.6 is 11.3 Å². The molecule has 0 aliphatic carbocycles. The number of nitrogens with zero attached hydrogens (tertiary/aromatic N) is 2. The fourth-order valence-corrected chi connectivity index (χ4v) is 8.47. The normalized spacial score (nSPS) is 12.0. The molecular formula is C42H26N2S. The molecule has 3 aromatic heterocycles. The molecule has 2 nitrogen and oxygen atoms in total. The van der Waals surface area contributed by atoms with Gasteiger partial charge in [0.15, 0.2) is 0 Å². The van der Waals surface area contributed by atoms with Crippen molar-refractivity contribution in [3.05, 3.63) is 158 Å². The van der Waals surface area contributed by atoms with E-state index in [1.807, 2.05) is 11.3 Å². The predicted molar refractivity (Wildman–Crippen MR) is 193 cm³/mol. The van der Waals surface area contributed by atoms with Gasteiger partial charge in [0.1, 0.15) is 0 Å². The van der Waals surface area contributed by atoms with Crippen molar-refractivity contribution in [2.45, 2.75) is 0 Å². The Labute approximate surface area is 263 Å². The highest BCUT2D eigenvalue weighted by molar-refractivity contribution is 7.25. The summed E-state index contributed by atoms with van der Waals surface area (Å²) in [5.41, 5.74) is 9.68. The van der Waals surface area contributed by atoms with E-state index in [1.165, 1.54) is 86.3 Å². The maximum absolute atomic E-state index is 2.45. The molecule has 0 atom stereocenters. The van der Waals surface area contributed by atoms with Crippen molar-refractivity contribution in [3.63, 3.8) is 0 Å². The molecule has 0 N–H and O–H groups in total. The van der Waals surface area contributed by atoms with Crippen LogP contribution in [0.5, 0.6) is 0 Å². The highest BCUT2D eigenvalue weighted by Crippen LogP contribution is 2.43. The molecule has 10 rings (SSSR count). The first-order chi connectivity index (χ1) is 22.3. The lowest BCUT2D eigenvalue weighted by molar-refractivity contribution is 1.17. The third-order valence-electron chi connectivity index (χ3n) is 9.30. The fraction of sp³-hybridized carbons (Fsp3) is 0. The quantitative estimate of drug-likeness (QED) is 0.194. The number of benzene rings is 7. The van der Waals surface area contributed by atoms with Crippen LogP contribution in [0.1, 0.15) is 0 Å². The molecule has 0 fully saturated rings. The van der Waals surface area contributed by atoms with Crippen LogP contribution in [-0.4, -0.2) is 9.13 Å². The Kier molecular flexibility index (Phi) is 5.19. The number of fused-ring (bicyclic) bond motifs is 10. The van der Waals surface area contributed by atoms with E-state index in [0.717, 1.165) is 0 Å². The summed E-state index contributed by atoms with van der Waals surface area (Å²) in [6, 6.07) is 57.6. The second-order valence-electron chi connectivity index (χ2n) is 11.8. The van der Waals surface area contributed by atoms with E-state index in [4.69, 9.17) is 0 Å². The molecule has 0 radical (unpaired) electrons. The minimum atomic E-state index is 1.17. The summed E-state index contributed by atoms with van der Waals surface area (Å²) < 4.78 is 7.52. The number of para-hydroxylation sites is 3. The van der Waals surface area contributed by atoms with E-state index in [0.29, 0.717) is 0 Å². The minimum absolute atomic E-state index is 1.17. The molecule has 3 heteroatoms. The van der Waals surface area contributed by atoms with Crippen LogP contribution in [0.2, 0.25) is 0 Å². The number of rotatable bonds is 3. The Bertz CT molecular complexity index is 2760.